The van der Waals surface area contributed by atoms with Crippen LogP contribution in [-0.2, 0) is 0 Å². The van der Waals surface area contributed by atoms with Crippen molar-refractivity contribution in [3.05, 3.63) is 53.3 Å². The molecule has 0 spiro atoms. The number of nitrogens with one attached hydrogen (secondary N) is 1. The molecule has 1 aromatic carbocycles. The van der Waals surface area contributed by atoms with Crippen LogP contribution in [0.1, 0.15) is 23.2 Å². The molecular weight excluding hydrogens is 347 g/mol. The summed E-state index contributed by atoms with van der Waals surface area (Å²) in [6.45, 7) is 1.84. The molecule has 0 unspecified atom stereocenters. The minimum atomic E-state index is -1.28. The van der Waals surface area contributed by atoms with E-state index in [1.807, 2.05) is 7.05 Å². The fraction of sp³-hybridized carbons (Fsp3) is 0.333. The Morgan fingerprint density at radius 3 is 2.50 bits per heavy atom. The summed E-state index contributed by atoms with van der Waals surface area (Å²) in [7, 11) is 2.04. The van der Waals surface area contributed by atoms with E-state index < -0.39 is 28.9 Å². The van der Waals surface area contributed by atoms with Gasteiger partial charge in [-0.25, -0.2) is 13.2 Å². The maximum atomic E-state index is 13.7. The molecule has 0 radical (unpaired) electrons. The van der Waals surface area contributed by atoms with Crippen LogP contribution in [0.4, 0.5) is 19.0 Å². The molecule has 0 atom stereocenters. The number of piperidine rings is 1. The third-order valence-electron chi connectivity index (χ3n) is 4.15. The predicted octanol–water partition coefficient (Wildman–Crippen LogP) is 3.22. The summed E-state index contributed by atoms with van der Waals surface area (Å²) in [5.41, 5.74) is -0.866. The number of amides is 1. The van der Waals surface area contributed by atoms with Crippen LogP contribution in [0.15, 0.2) is 30.3 Å². The molecule has 26 heavy (non-hydrogen) atoms. The fourth-order valence-corrected chi connectivity index (χ4v) is 2.76. The Labute approximate surface area is 148 Å². The first-order valence-electron chi connectivity index (χ1n) is 8.20. The molecule has 3 rings (SSSR count). The number of rotatable bonds is 4. The van der Waals surface area contributed by atoms with Crippen molar-refractivity contribution >= 4 is 11.7 Å². The minimum absolute atomic E-state index is 0.0247. The van der Waals surface area contributed by atoms with E-state index in [0.717, 1.165) is 25.9 Å². The SMILES string of the molecule is CN1CCC(Oc2cccc(NC(=O)c3c(F)cc(F)cc3F)n2)CC1. The maximum Gasteiger partial charge on any atom is 0.262 e. The zero-order valence-corrected chi connectivity index (χ0v) is 14.1. The van der Waals surface area contributed by atoms with Crippen molar-refractivity contribution in [3.8, 4) is 5.88 Å². The first kappa shape index (κ1) is 18.2. The van der Waals surface area contributed by atoms with E-state index in [-0.39, 0.29) is 11.9 Å². The highest BCUT2D eigenvalue weighted by Gasteiger charge is 2.21. The van der Waals surface area contributed by atoms with Crippen molar-refractivity contribution in [1.82, 2.24) is 9.88 Å². The van der Waals surface area contributed by atoms with Gasteiger partial charge in [0.15, 0.2) is 0 Å². The monoisotopic (exact) mass is 365 g/mol. The standard InChI is InChI=1S/C18H18F3N3O2/c1-24-7-5-12(6-8-24)26-16-4-2-3-15(22-16)23-18(25)17-13(20)9-11(19)10-14(17)21/h2-4,9-10,12H,5-8H2,1H3,(H,22,23,25). The zero-order valence-electron chi connectivity index (χ0n) is 14.1. The van der Waals surface area contributed by atoms with Gasteiger partial charge in [0.2, 0.25) is 5.88 Å². The predicted molar refractivity (Wildman–Crippen MR) is 89.7 cm³/mol. The number of hydrogen-bond acceptors (Lipinski definition) is 4. The molecule has 1 fully saturated rings. The Bertz CT molecular complexity index is 785. The highest BCUT2D eigenvalue weighted by atomic mass is 19.1. The molecule has 1 N–H and O–H groups in total. The van der Waals surface area contributed by atoms with Crippen LogP contribution >= 0.6 is 0 Å². The first-order valence-corrected chi connectivity index (χ1v) is 8.20. The second kappa shape index (κ2) is 7.74. The summed E-state index contributed by atoms with van der Waals surface area (Å²) in [5, 5.41) is 2.30. The lowest BCUT2D eigenvalue weighted by Crippen LogP contribution is -2.35. The van der Waals surface area contributed by atoms with Gasteiger partial charge in [-0.1, -0.05) is 6.07 Å². The number of carbonyl (C=O) groups excluding carboxylic acids is 1. The molecule has 2 heterocycles. The smallest absolute Gasteiger partial charge is 0.262 e. The number of halogens is 3. The van der Waals surface area contributed by atoms with Crippen molar-refractivity contribution < 1.29 is 22.7 Å². The third-order valence-corrected chi connectivity index (χ3v) is 4.15. The van der Waals surface area contributed by atoms with Gasteiger partial charge in [0.05, 0.1) is 0 Å². The molecular formula is C18H18F3N3O2. The minimum Gasteiger partial charge on any atom is -0.474 e. The average molecular weight is 365 g/mol. The number of hydrogen-bond donors (Lipinski definition) is 1. The molecule has 8 heteroatoms. The van der Waals surface area contributed by atoms with Crippen LogP contribution < -0.4 is 10.1 Å². The molecule has 0 aliphatic carbocycles. The molecule has 5 nitrogen and oxygen atoms in total. The van der Waals surface area contributed by atoms with E-state index in [1.54, 1.807) is 12.1 Å². The zero-order chi connectivity index (χ0) is 18.7. The molecule has 1 aliphatic heterocycles. The Morgan fingerprint density at radius 1 is 1.19 bits per heavy atom. The molecule has 138 valence electrons. The highest BCUT2D eigenvalue weighted by molar-refractivity contribution is 6.04. The van der Waals surface area contributed by atoms with E-state index in [0.29, 0.717) is 18.0 Å². The lowest BCUT2D eigenvalue weighted by molar-refractivity contribution is 0.101. The number of ether oxygens (including phenoxy) is 1. The average Bonchev–Trinajstić information content (AvgIpc) is 2.56. The first-order chi connectivity index (χ1) is 12.4. The third kappa shape index (κ3) is 4.32. The fourth-order valence-electron chi connectivity index (χ4n) is 2.76. The topological polar surface area (TPSA) is 54.5 Å². The van der Waals surface area contributed by atoms with E-state index in [4.69, 9.17) is 4.74 Å². The van der Waals surface area contributed by atoms with Gasteiger partial charge in [0.1, 0.15) is 34.9 Å². The lowest BCUT2D eigenvalue weighted by Gasteiger charge is -2.28. The van der Waals surface area contributed by atoms with Gasteiger partial charge in [0.25, 0.3) is 5.91 Å². The number of nitrogens with zero attached hydrogens (tertiary/aromatic N) is 2. The van der Waals surface area contributed by atoms with Gasteiger partial charge in [-0.2, -0.15) is 4.98 Å². The quantitative estimate of drug-likeness (QED) is 0.904. The summed E-state index contributed by atoms with van der Waals surface area (Å²) >= 11 is 0. The Hall–Kier alpha value is -2.61. The molecule has 1 saturated heterocycles. The van der Waals surface area contributed by atoms with Gasteiger partial charge in [-0.3, -0.25) is 4.79 Å². The van der Waals surface area contributed by atoms with E-state index in [9.17, 15) is 18.0 Å². The number of benzene rings is 1. The normalized spacial score (nSPS) is 15.7. The second-order valence-electron chi connectivity index (χ2n) is 6.18. The summed E-state index contributed by atoms with van der Waals surface area (Å²) in [6, 6.07) is 5.63. The highest BCUT2D eigenvalue weighted by Crippen LogP contribution is 2.20. The Balaban J connectivity index is 1.70. The van der Waals surface area contributed by atoms with Crippen LogP contribution in [0.3, 0.4) is 0 Å². The number of carbonyl (C=O) groups is 1. The van der Waals surface area contributed by atoms with Crippen molar-refractivity contribution in [1.29, 1.82) is 0 Å². The summed E-state index contributed by atoms with van der Waals surface area (Å²) in [4.78, 5) is 18.5. The van der Waals surface area contributed by atoms with Gasteiger partial charge in [-0.15, -0.1) is 0 Å². The summed E-state index contributed by atoms with van der Waals surface area (Å²) in [6.07, 6.45) is 1.75. The van der Waals surface area contributed by atoms with Crippen LogP contribution in [0.5, 0.6) is 5.88 Å². The summed E-state index contributed by atoms with van der Waals surface area (Å²) < 4.78 is 46.2. The largest absolute Gasteiger partial charge is 0.474 e. The van der Waals surface area contributed by atoms with E-state index in [2.05, 4.69) is 15.2 Å². The van der Waals surface area contributed by atoms with Crippen molar-refractivity contribution in [2.45, 2.75) is 18.9 Å². The Morgan fingerprint density at radius 2 is 1.85 bits per heavy atom. The number of pyridine rings is 1. The number of aromatic nitrogens is 1. The Kier molecular flexibility index (Phi) is 5.41. The molecule has 2 aromatic rings. The molecule has 1 amide bonds. The van der Waals surface area contributed by atoms with Gasteiger partial charge >= 0.3 is 0 Å². The lowest BCUT2D eigenvalue weighted by atomic mass is 10.1. The number of anilines is 1. The van der Waals surface area contributed by atoms with E-state index >= 15 is 0 Å². The molecule has 0 bridgehead atoms. The van der Waals surface area contributed by atoms with Crippen LogP contribution in [0, 0.1) is 17.5 Å². The van der Waals surface area contributed by atoms with Gasteiger partial charge < -0.3 is 15.0 Å². The molecule has 1 aromatic heterocycles. The van der Waals surface area contributed by atoms with Crippen molar-refractivity contribution in [2.24, 2.45) is 0 Å². The van der Waals surface area contributed by atoms with Crippen LogP contribution in [0.25, 0.3) is 0 Å². The van der Waals surface area contributed by atoms with E-state index in [1.165, 1.54) is 6.07 Å². The second-order valence-corrected chi connectivity index (χ2v) is 6.18. The number of likely N-dealkylation sites (tertiary alicyclic amines) is 1. The van der Waals surface area contributed by atoms with Gasteiger partial charge in [-0.05, 0) is 26.0 Å². The van der Waals surface area contributed by atoms with Gasteiger partial charge in [0, 0.05) is 31.3 Å². The summed E-state index contributed by atoms with van der Waals surface area (Å²) in [5.74, 6) is -4.30. The maximum absolute atomic E-state index is 13.7. The molecule has 0 saturated carbocycles. The van der Waals surface area contributed by atoms with Crippen molar-refractivity contribution in [2.75, 3.05) is 25.5 Å². The van der Waals surface area contributed by atoms with Crippen LogP contribution in [0.2, 0.25) is 0 Å². The van der Waals surface area contributed by atoms with Crippen LogP contribution in [-0.4, -0.2) is 42.0 Å². The van der Waals surface area contributed by atoms with Crippen molar-refractivity contribution in [3.63, 3.8) is 0 Å². The molecule has 1 aliphatic rings.